The predicted molar refractivity (Wildman–Crippen MR) is 128 cm³/mol. The van der Waals surface area contributed by atoms with E-state index in [1.165, 1.54) is 22.2 Å². The molecule has 0 radical (unpaired) electrons. The van der Waals surface area contributed by atoms with Crippen molar-refractivity contribution in [1.29, 1.82) is 0 Å². The minimum atomic E-state index is -0.933. The van der Waals surface area contributed by atoms with Crippen molar-refractivity contribution >= 4 is 39.4 Å². The van der Waals surface area contributed by atoms with Crippen LogP contribution in [0.2, 0.25) is 0 Å². The van der Waals surface area contributed by atoms with Crippen LogP contribution in [0.3, 0.4) is 0 Å². The molecular weight excluding hydrogens is 454 g/mol. The molecule has 1 aromatic carbocycles. The molecule has 0 bridgehead atoms. The van der Waals surface area contributed by atoms with Crippen LogP contribution in [0.1, 0.15) is 43.2 Å². The van der Waals surface area contributed by atoms with Gasteiger partial charge in [-0.05, 0) is 43.4 Å². The number of benzene rings is 1. The molecular formula is C24H25N5O4S. The zero-order valence-corrected chi connectivity index (χ0v) is 19.8. The highest BCUT2D eigenvalue weighted by atomic mass is 32.1. The van der Waals surface area contributed by atoms with Crippen molar-refractivity contribution in [3.8, 4) is 11.1 Å². The third kappa shape index (κ3) is 3.67. The molecule has 10 heteroatoms. The zero-order chi connectivity index (χ0) is 24.0. The molecule has 1 aliphatic carbocycles. The summed E-state index contributed by atoms with van der Waals surface area (Å²) in [5, 5.41) is 5.83. The number of nitrogens with zero attached hydrogens (tertiary/aromatic N) is 3. The molecule has 1 saturated carbocycles. The first kappa shape index (κ1) is 22.3. The monoisotopic (exact) mass is 479 g/mol. The Morgan fingerprint density at radius 2 is 1.91 bits per heavy atom. The first-order chi connectivity index (χ1) is 16.3. The highest BCUT2D eigenvalue weighted by molar-refractivity contribution is 7.17. The van der Waals surface area contributed by atoms with Gasteiger partial charge in [0, 0.05) is 10.9 Å². The topological polar surface area (TPSA) is 113 Å². The van der Waals surface area contributed by atoms with Gasteiger partial charge in [0.1, 0.15) is 16.9 Å². The molecule has 2 N–H and O–H groups in total. The molecule has 0 unspecified atom stereocenters. The number of carbonyl (C=O) groups excluding carboxylic acids is 3. The Hall–Kier alpha value is -3.53. The molecule has 5 rings (SSSR count). The Bertz CT molecular complexity index is 1390. The van der Waals surface area contributed by atoms with Crippen LogP contribution in [0.25, 0.3) is 21.3 Å². The summed E-state index contributed by atoms with van der Waals surface area (Å²) in [6, 6.07) is 5.36. The van der Waals surface area contributed by atoms with Crippen LogP contribution < -0.4 is 16.3 Å². The van der Waals surface area contributed by atoms with Gasteiger partial charge in [0.05, 0.1) is 11.7 Å². The van der Waals surface area contributed by atoms with Crippen LogP contribution in [-0.2, 0) is 16.1 Å². The fourth-order valence-corrected chi connectivity index (χ4v) is 5.64. The van der Waals surface area contributed by atoms with Crippen molar-refractivity contribution in [2.24, 2.45) is 0 Å². The molecule has 4 amide bonds. The van der Waals surface area contributed by atoms with Crippen molar-refractivity contribution in [3.63, 3.8) is 0 Å². The maximum atomic E-state index is 13.3. The Morgan fingerprint density at radius 1 is 1.15 bits per heavy atom. The van der Waals surface area contributed by atoms with Gasteiger partial charge in [-0.25, -0.2) is 9.78 Å². The lowest BCUT2D eigenvalue weighted by atomic mass is 9.82. The molecule has 1 aliphatic heterocycles. The number of hydrogen-bond acceptors (Lipinski definition) is 6. The summed E-state index contributed by atoms with van der Waals surface area (Å²) < 4.78 is 1.20. The number of aromatic nitrogens is 2. The average molecular weight is 480 g/mol. The molecule has 1 saturated heterocycles. The number of nitrogens with one attached hydrogen (secondary N) is 2. The van der Waals surface area contributed by atoms with Gasteiger partial charge < -0.3 is 5.32 Å². The second-order valence-corrected chi connectivity index (χ2v) is 9.91. The lowest BCUT2D eigenvalue weighted by Crippen LogP contribution is -2.51. The number of thiophene rings is 1. The Morgan fingerprint density at radius 3 is 2.65 bits per heavy atom. The highest BCUT2D eigenvalue weighted by Gasteiger charge is 2.52. The molecule has 176 valence electrons. The maximum Gasteiger partial charge on any atom is 0.344 e. The van der Waals surface area contributed by atoms with Gasteiger partial charge in [-0.3, -0.25) is 24.4 Å². The van der Waals surface area contributed by atoms with Crippen LogP contribution in [0, 0.1) is 13.8 Å². The van der Waals surface area contributed by atoms with E-state index in [0.29, 0.717) is 23.1 Å². The molecule has 3 heterocycles. The summed E-state index contributed by atoms with van der Waals surface area (Å²) in [5.41, 5.74) is 5.04. The van der Waals surface area contributed by atoms with Crippen LogP contribution >= 0.6 is 11.3 Å². The molecule has 1 spiro atoms. The van der Waals surface area contributed by atoms with E-state index in [2.05, 4.69) is 15.7 Å². The fraction of sp³-hybridized carbons (Fsp3) is 0.375. The van der Waals surface area contributed by atoms with E-state index in [-0.39, 0.29) is 12.1 Å². The third-order valence-electron chi connectivity index (χ3n) is 6.80. The highest BCUT2D eigenvalue weighted by Crippen LogP contribution is 2.33. The quantitative estimate of drug-likeness (QED) is 0.559. The number of hydrogen-bond donors (Lipinski definition) is 2. The van der Waals surface area contributed by atoms with Crippen molar-refractivity contribution in [2.45, 2.75) is 58.0 Å². The summed E-state index contributed by atoms with van der Waals surface area (Å²) in [6.07, 6.45) is 5.14. The SMILES string of the molecule is Cc1ccc(-c2csc3ncn(CC(=O)NN4C(=O)NC5(CCCCC5)C4=O)c(=O)c23)cc1C. The fourth-order valence-electron chi connectivity index (χ4n) is 4.73. The van der Waals surface area contributed by atoms with Gasteiger partial charge in [-0.1, -0.05) is 37.5 Å². The zero-order valence-electron chi connectivity index (χ0n) is 19.0. The summed E-state index contributed by atoms with van der Waals surface area (Å²) in [4.78, 5) is 56.2. The molecule has 0 atom stereocenters. The maximum absolute atomic E-state index is 13.3. The lowest BCUT2D eigenvalue weighted by Gasteiger charge is -2.30. The van der Waals surface area contributed by atoms with Crippen molar-refractivity contribution in [3.05, 3.63) is 51.4 Å². The van der Waals surface area contributed by atoms with Gasteiger partial charge in [0.2, 0.25) is 0 Å². The standard InChI is InChI=1S/C24H25N5O4S/c1-14-6-7-16(10-15(14)2)17-12-34-20-19(17)21(31)28(13-25-20)11-18(30)27-29-22(32)24(26-23(29)33)8-4-3-5-9-24/h6-7,10,12-13H,3-5,8-9,11H2,1-2H3,(H,26,33)(H,27,30). The van der Waals surface area contributed by atoms with E-state index in [4.69, 9.17) is 0 Å². The van der Waals surface area contributed by atoms with Gasteiger partial charge in [-0.15, -0.1) is 11.3 Å². The molecule has 3 aromatic rings. The molecule has 34 heavy (non-hydrogen) atoms. The van der Waals surface area contributed by atoms with Crippen LogP contribution in [0.15, 0.2) is 34.7 Å². The predicted octanol–water partition coefficient (Wildman–Crippen LogP) is 3.03. The number of imide groups is 1. The van der Waals surface area contributed by atoms with Crippen molar-refractivity contribution in [1.82, 2.24) is 25.3 Å². The van der Waals surface area contributed by atoms with Gasteiger partial charge in [-0.2, -0.15) is 5.01 Å². The Balaban J connectivity index is 1.39. The summed E-state index contributed by atoms with van der Waals surface area (Å²) >= 11 is 1.37. The van der Waals surface area contributed by atoms with Crippen molar-refractivity contribution in [2.75, 3.05) is 0 Å². The Kier molecular flexibility index (Phi) is 5.47. The number of hydrazine groups is 1. The second-order valence-electron chi connectivity index (χ2n) is 9.05. The number of amides is 4. The minimum Gasteiger partial charge on any atom is -0.322 e. The third-order valence-corrected chi connectivity index (χ3v) is 7.68. The molecule has 2 fully saturated rings. The van der Waals surface area contributed by atoms with E-state index in [9.17, 15) is 19.2 Å². The van der Waals surface area contributed by atoms with E-state index >= 15 is 0 Å². The van der Waals surface area contributed by atoms with Crippen LogP contribution in [0.5, 0.6) is 0 Å². The number of carbonyl (C=O) groups is 3. The van der Waals surface area contributed by atoms with E-state index in [1.54, 1.807) is 0 Å². The van der Waals surface area contributed by atoms with Gasteiger partial charge >= 0.3 is 6.03 Å². The summed E-state index contributed by atoms with van der Waals surface area (Å²) in [7, 11) is 0. The smallest absolute Gasteiger partial charge is 0.322 e. The van der Waals surface area contributed by atoms with Gasteiger partial charge in [0.15, 0.2) is 0 Å². The largest absolute Gasteiger partial charge is 0.344 e. The normalized spacial score (nSPS) is 17.4. The number of fused-ring (bicyclic) bond motifs is 1. The van der Waals surface area contributed by atoms with E-state index < -0.39 is 23.4 Å². The van der Waals surface area contributed by atoms with Crippen LogP contribution in [0.4, 0.5) is 4.79 Å². The summed E-state index contributed by atoms with van der Waals surface area (Å²) in [6.45, 7) is 3.68. The first-order valence-corrected chi connectivity index (χ1v) is 12.2. The number of rotatable bonds is 4. The second kappa shape index (κ2) is 8.35. The lowest BCUT2D eigenvalue weighted by molar-refractivity contribution is -0.140. The first-order valence-electron chi connectivity index (χ1n) is 11.3. The van der Waals surface area contributed by atoms with E-state index in [1.807, 2.05) is 37.4 Å². The van der Waals surface area contributed by atoms with Crippen LogP contribution in [-0.4, -0.2) is 37.9 Å². The summed E-state index contributed by atoms with van der Waals surface area (Å²) in [5.74, 6) is -1.09. The van der Waals surface area contributed by atoms with E-state index in [0.717, 1.165) is 46.5 Å². The Labute approximate surface area is 199 Å². The minimum absolute atomic E-state index is 0.351. The number of urea groups is 1. The van der Waals surface area contributed by atoms with Gasteiger partial charge in [0.25, 0.3) is 17.4 Å². The molecule has 2 aliphatic rings. The molecule has 2 aromatic heterocycles. The van der Waals surface area contributed by atoms with Crippen molar-refractivity contribution < 1.29 is 14.4 Å². The molecule has 9 nitrogen and oxygen atoms in total. The average Bonchev–Trinajstić information content (AvgIpc) is 3.34. The number of aryl methyl sites for hydroxylation is 2.